The van der Waals surface area contributed by atoms with E-state index in [1.807, 2.05) is 38.2 Å². The smallest absolute Gasteiger partial charge is 0.309 e. The molecule has 0 saturated carbocycles. The van der Waals surface area contributed by atoms with Gasteiger partial charge in [0.2, 0.25) is 0 Å². The molecule has 0 rings (SSSR count). The fourth-order valence-electron chi connectivity index (χ4n) is 0.781. The fraction of sp³-hybridized carbons (Fsp3) is 0.545. The van der Waals surface area contributed by atoms with Gasteiger partial charge >= 0.3 is 5.97 Å². The van der Waals surface area contributed by atoms with Crippen LogP contribution in [0.25, 0.3) is 0 Å². The zero-order valence-electron chi connectivity index (χ0n) is 8.45. The van der Waals surface area contributed by atoms with Crippen LogP contribution in [0.4, 0.5) is 0 Å². The highest BCUT2D eigenvalue weighted by atomic mass is 16.5. The Bertz CT molecular complexity index is 181. The van der Waals surface area contributed by atoms with E-state index < -0.39 is 0 Å². The summed E-state index contributed by atoms with van der Waals surface area (Å²) in [6.45, 7) is 4.47. The Balaban J connectivity index is 3.40. The molecule has 2 nitrogen and oxygen atoms in total. The average Bonchev–Trinajstić information content (AvgIpc) is 2.13. The Hall–Kier alpha value is -1.05. The van der Waals surface area contributed by atoms with Gasteiger partial charge in [0, 0.05) is 0 Å². The quantitative estimate of drug-likeness (QED) is 0.466. The molecule has 0 heterocycles. The van der Waals surface area contributed by atoms with Gasteiger partial charge in [0.1, 0.15) is 6.61 Å². The number of carbonyl (C=O) groups is 1. The van der Waals surface area contributed by atoms with E-state index in [0.29, 0.717) is 13.0 Å². The topological polar surface area (TPSA) is 26.3 Å². The molecule has 0 aromatic rings. The SMILES string of the molecule is CC/C=C\COC(=O)C/C=C\CC. The molecule has 0 aliphatic carbocycles. The van der Waals surface area contributed by atoms with E-state index >= 15 is 0 Å². The summed E-state index contributed by atoms with van der Waals surface area (Å²) < 4.78 is 4.91. The van der Waals surface area contributed by atoms with Crippen molar-refractivity contribution in [2.24, 2.45) is 0 Å². The van der Waals surface area contributed by atoms with Gasteiger partial charge in [-0.2, -0.15) is 0 Å². The first-order valence-electron chi connectivity index (χ1n) is 4.76. The monoisotopic (exact) mass is 182 g/mol. The molecule has 0 amide bonds. The van der Waals surface area contributed by atoms with E-state index in [2.05, 4.69) is 0 Å². The molecule has 0 aliphatic rings. The summed E-state index contributed by atoms with van der Waals surface area (Å²) in [6.07, 6.45) is 9.97. The summed E-state index contributed by atoms with van der Waals surface area (Å²) in [4.78, 5) is 11.0. The van der Waals surface area contributed by atoms with E-state index in [1.165, 1.54) is 0 Å². The first-order valence-corrected chi connectivity index (χ1v) is 4.76. The summed E-state index contributed by atoms with van der Waals surface area (Å²) in [5.41, 5.74) is 0. The second-order valence-corrected chi connectivity index (χ2v) is 2.65. The van der Waals surface area contributed by atoms with Crippen LogP contribution < -0.4 is 0 Å². The summed E-state index contributed by atoms with van der Waals surface area (Å²) in [5, 5.41) is 0. The molecular formula is C11H18O2. The molecule has 0 unspecified atom stereocenters. The van der Waals surface area contributed by atoms with E-state index in [-0.39, 0.29) is 5.97 Å². The maximum atomic E-state index is 11.0. The third kappa shape index (κ3) is 8.86. The van der Waals surface area contributed by atoms with Crippen LogP contribution in [0.15, 0.2) is 24.3 Å². The van der Waals surface area contributed by atoms with Crippen molar-refractivity contribution in [3.63, 3.8) is 0 Å². The van der Waals surface area contributed by atoms with Crippen molar-refractivity contribution in [1.82, 2.24) is 0 Å². The van der Waals surface area contributed by atoms with Gasteiger partial charge in [0.05, 0.1) is 6.42 Å². The van der Waals surface area contributed by atoms with Gasteiger partial charge < -0.3 is 4.74 Å². The molecule has 0 saturated heterocycles. The fourth-order valence-corrected chi connectivity index (χ4v) is 0.781. The molecule has 0 bridgehead atoms. The molecule has 74 valence electrons. The van der Waals surface area contributed by atoms with Crippen LogP contribution in [0.5, 0.6) is 0 Å². The first-order chi connectivity index (χ1) is 6.31. The van der Waals surface area contributed by atoms with Crippen LogP contribution in [0.2, 0.25) is 0 Å². The van der Waals surface area contributed by atoms with E-state index in [9.17, 15) is 4.79 Å². The predicted octanol–water partition coefficient (Wildman–Crippen LogP) is 2.85. The predicted molar refractivity (Wildman–Crippen MR) is 54.4 cm³/mol. The Morgan fingerprint density at radius 1 is 1.08 bits per heavy atom. The van der Waals surface area contributed by atoms with Crippen molar-refractivity contribution in [2.45, 2.75) is 33.1 Å². The van der Waals surface area contributed by atoms with Crippen LogP contribution in [0, 0.1) is 0 Å². The number of hydrogen-bond donors (Lipinski definition) is 0. The van der Waals surface area contributed by atoms with Gasteiger partial charge in [-0.1, -0.05) is 38.2 Å². The summed E-state index contributed by atoms with van der Waals surface area (Å²) >= 11 is 0. The van der Waals surface area contributed by atoms with E-state index in [0.717, 1.165) is 12.8 Å². The molecule has 0 aromatic heterocycles. The van der Waals surface area contributed by atoms with Crippen LogP contribution in [0.3, 0.4) is 0 Å². The molecule has 0 atom stereocenters. The van der Waals surface area contributed by atoms with Crippen LogP contribution in [0.1, 0.15) is 33.1 Å². The number of ether oxygens (including phenoxy) is 1. The molecule has 0 N–H and O–H groups in total. The third-order valence-electron chi connectivity index (χ3n) is 1.43. The lowest BCUT2D eigenvalue weighted by molar-refractivity contribution is -0.141. The highest BCUT2D eigenvalue weighted by Gasteiger charge is 1.95. The van der Waals surface area contributed by atoms with Crippen molar-refractivity contribution in [1.29, 1.82) is 0 Å². The molecule has 0 spiro atoms. The van der Waals surface area contributed by atoms with Gasteiger partial charge in [-0.05, 0) is 12.8 Å². The van der Waals surface area contributed by atoms with Gasteiger partial charge in [-0.25, -0.2) is 0 Å². The van der Waals surface area contributed by atoms with Crippen molar-refractivity contribution >= 4 is 5.97 Å². The van der Waals surface area contributed by atoms with Crippen LogP contribution in [-0.4, -0.2) is 12.6 Å². The van der Waals surface area contributed by atoms with Gasteiger partial charge in [-0.15, -0.1) is 0 Å². The lowest BCUT2D eigenvalue weighted by Gasteiger charge is -1.97. The van der Waals surface area contributed by atoms with Crippen LogP contribution >= 0.6 is 0 Å². The Labute approximate surface area is 80.3 Å². The molecule has 0 aromatic carbocycles. The Morgan fingerprint density at radius 2 is 1.69 bits per heavy atom. The first kappa shape index (κ1) is 11.9. The molecule has 0 aliphatic heterocycles. The summed E-state index contributed by atoms with van der Waals surface area (Å²) in [6, 6.07) is 0. The zero-order valence-corrected chi connectivity index (χ0v) is 8.45. The summed E-state index contributed by atoms with van der Waals surface area (Å²) in [5.74, 6) is -0.162. The molecular weight excluding hydrogens is 164 g/mol. The molecule has 2 heteroatoms. The minimum Gasteiger partial charge on any atom is -0.461 e. The van der Waals surface area contributed by atoms with Crippen molar-refractivity contribution in [2.75, 3.05) is 6.61 Å². The lowest BCUT2D eigenvalue weighted by Crippen LogP contribution is -2.02. The normalized spacial score (nSPS) is 11.2. The molecule has 0 fully saturated rings. The maximum Gasteiger partial charge on any atom is 0.309 e. The third-order valence-corrected chi connectivity index (χ3v) is 1.43. The zero-order chi connectivity index (χ0) is 9.94. The van der Waals surface area contributed by atoms with Crippen molar-refractivity contribution < 1.29 is 9.53 Å². The average molecular weight is 182 g/mol. The highest BCUT2D eigenvalue weighted by Crippen LogP contribution is 1.91. The number of rotatable bonds is 6. The maximum absolute atomic E-state index is 11.0. The second-order valence-electron chi connectivity index (χ2n) is 2.65. The number of carbonyl (C=O) groups excluding carboxylic acids is 1. The Kier molecular flexibility index (Phi) is 8.31. The van der Waals surface area contributed by atoms with E-state index in [1.54, 1.807) is 0 Å². The standard InChI is InChI=1S/C11H18O2/c1-3-5-7-9-11(12)13-10-8-6-4-2/h5-8H,3-4,9-10H2,1-2H3/b7-5-,8-6-. The summed E-state index contributed by atoms with van der Waals surface area (Å²) in [7, 11) is 0. The van der Waals surface area contributed by atoms with Crippen molar-refractivity contribution in [3.05, 3.63) is 24.3 Å². The minimum absolute atomic E-state index is 0.162. The largest absolute Gasteiger partial charge is 0.461 e. The minimum atomic E-state index is -0.162. The second kappa shape index (κ2) is 9.04. The van der Waals surface area contributed by atoms with Crippen LogP contribution in [-0.2, 0) is 9.53 Å². The van der Waals surface area contributed by atoms with Gasteiger partial charge in [-0.3, -0.25) is 4.79 Å². The Morgan fingerprint density at radius 3 is 2.31 bits per heavy atom. The van der Waals surface area contributed by atoms with Gasteiger partial charge in [0.15, 0.2) is 0 Å². The van der Waals surface area contributed by atoms with E-state index in [4.69, 9.17) is 4.74 Å². The molecule has 13 heavy (non-hydrogen) atoms. The van der Waals surface area contributed by atoms with Crippen molar-refractivity contribution in [3.8, 4) is 0 Å². The lowest BCUT2D eigenvalue weighted by atomic mass is 10.3. The highest BCUT2D eigenvalue weighted by molar-refractivity contribution is 5.71. The number of esters is 1. The number of hydrogen-bond acceptors (Lipinski definition) is 2. The molecule has 0 radical (unpaired) electrons. The van der Waals surface area contributed by atoms with Gasteiger partial charge in [0.25, 0.3) is 0 Å². The number of allylic oxidation sites excluding steroid dienone is 2.